The van der Waals surface area contributed by atoms with Gasteiger partial charge in [-0.2, -0.15) is 5.26 Å². The number of hydrogen-bond donors (Lipinski definition) is 0. The van der Waals surface area contributed by atoms with Crippen LogP contribution in [0.2, 0.25) is 0 Å². The van der Waals surface area contributed by atoms with Crippen molar-refractivity contribution in [1.82, 2.24) is 0 Å². The highest BCUT2D eigenvalue weighted by molar-refractivity contribution is 5.78. The minimum Gasteiger partial charge on any atom is -0.503 e. The number of methoxy groups -OCH3 is 1. The predicted molar refractivity (Wildman–Crippen MR) is 26.8 cm³/mol. The summed E-state index contributed by atoms with van der Waals surface area (Å²) in [6.45, 7) is 0. The molecule has 0 radical (unpaired) electrons. The van der Waals surface area contributed by atoms with Gasteiger partial charge in [0, 0.05) is 0 Å². The van der Waals surface area contributed by atoms with Crippen molar-refractivity contribution < 1.29 is 9.53 Å². The van der Waals surface area contributed by atoms with E-state index in [1.54, 1.807) is 6.07 Å². The van der Waals surface area contributed by atoms with Crippen LogP contribution in [0.25, 0.3) is 0 Å². The molecular weight excluding hydrogens is 106 g/mol. The molecule has 0 heterocycles. The van der Waals surface area contributed by atoms with Gasteiger partial charge >= 0.3 is 0 Å². The molecule has 0 fully saturated rings. The molecule has 0 saturated heterocycles. The molecule has 0 atom stereocenters. The molecule has 0 aliphatic rings. The number of ether oxygens (including phenoxy) is 1. The highest BCUT2D eigenvalue weighted by atomic mass is 16.5. The van der Waals surface area contributed by atoms with Crippen LogP contribution in [-0.2, 0) is 9.53 Å². The van der Waals surface area contributed by atoms with E-state index in [0.29, 0.717) is 6.29 Å². The van der Waals surface area contributed by atoms with Crippen molar-refractivity contribution in [3.05, 3.63) is 11.8 Å². The Morgan fingerprint density at radius 1 is 1.88 bits per heavy atom. The van der Waals surface area contributed by atoms with Gasteiger partial charge in [0.1, 0.15) is 17.9 Å². The fourth-order valence-corrected chi connectivity index (χ4v) is 0.207. The van der Waals surface area contributed by atoms with Crippen LogP contribution in [-0.4, -0.2) is 13.4 Å². The summed E-state index contributed by atoms with van der Waals surface area (Å²) >= 11 is 0. The molecule has 3 nitrogen and oxygen atoms in total. The van der Waals surface area contributed by atoms with Crippen LogP contribution in [0.4, 0.5) is 0 Å². The summed E-state index contributed by atoms with van der Waals surface area (Å²) in [5.41, 5.74) is -0.00694. The normalized spacial score (nSPS) is 9.75. The molecule has 8 heavy (non-hydrogen) atoms. The Labute approximate surface area is 47.2 Å². The van der Waals surface area contributed by atoms with Crippen molar-refractivity contribution in [2.45, 2.75) is 0 Å². The Hall–Kier alpha value is -1.30. The first kappa shape index (κ1) is 6.70. The summed E-state index contributed by atoms with van der Waals surface area (Å²) < 4.78 is 4.37. The Morgan fingerprint density at radius 2 is 2.50 bits per heavy atom. The van der Waals surface area contributed by atoms with Gasteiger partial charge in [-0.15, -0.1) is 0 Å². The Bertz CT molecular complexity index is 143. The summed E-state index contributed by atoms with van der Waals surface area (Å²) in [4.78, 5) is 9.76. The third-order valence-electron chi connectivity index (χ3n) is 0.501. The maximum Gasteiger partial charge on any atom is 0.163 e. The van der Waals surface area contributed by atoms with Gasteiger partial charge in [0.25, 0.3) is 0 Å². The highest BCUT2D eigenvalue weighted by Crippen LogP contribution is 1.83. The van der Waals surface area contributed by atoms with Gasteiger partial charge in [-0.3, -0.25) is 4.79 Å². The first-order valence-corrected chi connectivity index (χ1v) is 1.93. The summed E-state index contributed by atoms with van der Waals surface area (Å²) in [5.74, 6) is 0. The van der Waals surface area contributed by atoms with E-state index in [2.05, 4.69) is 4.74 Å². The average Bonchev–Trinajstić information content (AvgIpc) is 1.83. The second-order valence-electron chi connectivity index (χ2n) is 1.04. The van der Waals surface area contributed by atoms with E-state index in [4.69, 9.17) is 5.26 Å². The van der Waals surface area contributed by atoms with Crippen molar-refractivity contribution >= 4 is 6.29 Å². The minimum atomic E-state index is -0.00694. The third kappa shape index (κ3) is 1.98. The minimum absolute atomic E-state index is 0.00694. The summed E-state index contributed by atoms with van der Waals surface area (Å²) in [7, 11) is 1.38. The molecule has 0 aromatic rings. The molecule has 0 aromatic carbocycles. The van der Waals surface area contributed by atoms with Crippen LogP contribution < -0.4 is 0 Å². The SMILES string of the molecule is COC=C(C#N)C=O. The summed E-state index contributed by atoms with van der Waals surface area (Å²) in [6, 6.07) is 1.62. The average molecular weight is 111 g/mol. The molecule has 0 aliphatic carbocycles. The van der Waals surface area contributed by atoms with Gasteiger partial charge in [-0.1, -0.05) is 0 Å². The number of nitriles is 1. The van der Waals surface area contributed by atoms with Crippen molar-refractivity contribution in [2.75, 3.05) is 7.11 Å². The quantitative estimate of drug-likeness (QED) is 0.222. The molecule has 0 unspecified atom stereocenters. The predicted octanol–water partition coefficient (Wildman–Crippen LogP) is 0.239. The van der Waals surface area contributed by atoms with Crippen LogP contribution in [0.5, 0.6) is 0 Å². The lowest BCUT2D eigenvalue weighted by Gasteiger charge is -1.82. The summed E-state index contributed by atoms with van der Waals surface area (Å²) in [6.07, 6.45) is 1.52. The lowest BCUT2D eigenvalue weighted by atomic mass is 10.4. The zero-order valence-electron chi connectivity index (χ0n) is 4.42. The zero-order chi connectivity index (χ0) is 6.41. The van der Waals surface area contributed by atoms with Crippen LogP contribution >= 0.6 is 0 Å². The van der Waals surface area contributed by atoms with Gasteiger partial charge in [-0.05, 0) is 0 Å². The molecule has 0 rings (SSSR count). The van der Waals surface area contributed by atoms with E-state index in [1.807, 2.05) is 0 Å². The molecule has 0 aromatic heterocycles. The monoisotopic (exact) mass is 111 g/mol. The Balaban J connectivity index is 3.92. The molecule has 0 aliphatic heterocycles. The molecule has 42 valence electrons. The zero-order valence-corrected chi connectivity index (χ0v) is 4.42. The van der Waals surface area contributed by atoms with E-state index >= 15 is 0 Å². The second kappa shape index (κ2) is 3.88. The number of hydrogen-bond acceptors (Lipinski definition) is 3. The van der Waals surface area contributed by atoms with Crippen LogP contribution in [0.1, 0.15) is 0 Å². The van der Waals surface area contributed by atoms with Crippen molar-refractivity contribution in [3.8, 4) is 6.07 Å². The smallest absolute Gasteiger partial charge is 0.163 e. The fourth-order valence-electron chi connectivity index (χ4n) is 0.207. The van der Waals surface area contributed by atoms with Crippen LogP contribution in [0.3, 0.4) is 0 Å². The van der Waals surface area contributed by atoms with Gasteiger partial charge < -0.3 is 4.74 Å². The third-order valence-corrected chi connectivity index (χ3v) is 0.501. The van der Waals surface area contributed by atoms with E-state index < -0.39 is 0 Å². The molecule has 0 bridgehead atoms. The van der Waals surface area contributed by atoms with E-state index in [9.17, 15) is 4.79 Å². The van der Waals surface area contributed by atoms with Crippen LogP contribution in [0, 0.1) is 11.3 Å². The molecule has 0 saturated carbocycles. The number of aldehydes is 1. The van der Waals surface area contributed by atoms with Crippen molar-refractivity contribution in [3.63, 3.8) is 0 Å². The number of allylic oxidation sites excluding steroid dienone is 1. The fraction of sp³-hybridized carbons (Fsp3) is 0.200. The van der Waals surface area contributed by atoms with Gasteiger partial charge in [0.05, 0.1) is 7.11 Å². The van der Waals surface area contributed by atoms with Gasteiger partial charge in [-0.25, -0.2) is 0 Å². The van der Waals surface area contributed by atoms with Gasteiger partial charge in [0.2, 0.25) is 0 Å². The van der Waals surface area contributed by atoms with E-state index in [-0.39, 0.29) is 5.57 Å². The lowest BCUT2D eigenvalue weighted by Crippen LogP contribution is -1.79. The largest absolute Gasteiger partial charge is 0.503 e. The molecule has 3 heteroatoms. The lowest BCUT2D eigenvalue weighted by molar-refractivity contribution is -0.104. The van der Waals surface area contributed by atoms with Crippen molar-refractivity contribution in [1.29, 1.82) is 5.26 Å². The molecule has 0 spiro atoms. The maximum absolute atomic E-state index is 9.76. The first-order valence-electron chi connectivity index (χ1n) is 1.93. The standard InChI is InChI=1S/C5H5NO2/c1-8-4-5(2-6)3-7/h3-4H,1H3. The number of carbonyl (C=O) groups excluding carboxylic acids is 1. The number of nitrogens with zero attached hydrogens (tertiary/aromatic N) is 1. The molecule has 0 N–H and O–H groups in total. The van der Waals surface area contributed by atoms with Crippen LogP contribution in [0.15, 0.2) is 11.8 Å². The molecule has 0 amide bonds. The number of carbonyl (C=O) groups is 1. The van der Waals surface area contributed by atoms with Gasteiger partial charge in [0.15, 0.2) is 6.29 Å². The summed E-state index contributed by atoms with van der Waals surface area (Å²) in [5, 5.41) is 8.03. The number of rotatable bonds is 2. The van der Waals surface area contributed by atoms with E-state index in [0.717, 1.165) is 6.26 Å². The Kier molecular flexibility index (Phi) is 3.25. The topological polar surface area (TPSA) is 50.1 Å². The van der Waals surface area contributed by atoms with E-state index in [1.165, 1.54) is 7.11 Å². The first-order chi connectivity index (χ1) is 3.85. The Morgan fingerprint density at radius 3 is 2.62 bits per heavy atom. The highest BCUT2D eigenvalue weighted by Gasteiger charge is 1.86. The second-order valence-corrected chi connectivity index (χ2v) is 1.04. The maximum atomic E-state index is 9.76. The van der Waals surface area contributed by atoms with Crippen molar-refractivity contribution in [2.24, 2.45) is 0 Å². The molecular formula is C5H5NO2.